The maximum absolute atomic E-state index is 14.1. The zero-order valence-electron chi connectivity index (χ0n) is 12.4. The number of ether oxygens (including phenoxy) is 1. The van der Waals surface area contributed by atoms with Crippen LogP contribution in [0, 0.1) is 5.82 Å². The number of aryl methyl sites for hydroxylation is 1. The molecule has 0 unspecified atom stereocenters. The summed E-state index contributed by atoms with van der Waals surface area (Å²) in [7, 11) is 1.70. The second kappa shape index (κ2) is 6.50. The van der Waals surface area contributed by atoms with Crippen molar-refractivity contribution < 1.29 is 9.13 Å². The molecule has 0 spiro atoms. The van der Waals surface area contributed by atoms with Crippen LogP contribution in [-0.2, 0) is 24.1 Å². The van der Waals surface area contributed by atoms with Crippen LogP contribution in [0.1, 0.15) is 29.7 Å². The Morgan fingerprint density at radius 2 is 2.14 bits per heavy atom. The van der Waals surface area contributed by atoms with Crippen molar-refractivity contribution in [1.29, 1.82) is 0 Å². The van der Waals surface area contributed by atoms with Gasteiger partial charge in [-0.15, -0.1) is 0 Å². The van der Waals surface area contributed by atoms with E-state index in [9.17, 15) is 4.39 Å². The average molecular weight is 288 g/mol. The number of fused-ring (bicyclic) bond motifs is 2. The van der Waals surface area contributed by atoms with Crippen molar-refractivity contribution in [3.8, 4) is 0 Å². The number of para-hydroxylation sites is 1. The van der Waals surface area contributed by atoms with E-state index in [2.05, 4.69) is 10.3 Å². The summed E-state index contributed by atoms with van der Waals surface area (Å²) in [5, 5.41) is 4.33. The fourth-order valence-electron chi connectivity index (χ4n) is 3.10. The number of halogens is 1. The van der Waals surface area contributed by atoms with Crippen molar-refractivity contribution in [2.45, 2.75) is 32.2 Å². The normalized spacial score (nSPS) is 14.4. The van der Waals surface area contributed by atoms with Crippen molar-refractivity contribution >= 4 is 10.9 Å². The Morgan fingerprint density at radius 1 is 1.29 bits per heavy atom. The van der Waals surface area contributed by atoms with Crippen LogP contribution < -0.4 is 5.32 Å². The van der Waals surface area contributed by atoms with Gasteiger partial charge in [0.1, 0.15) is 11.3 Å². The molecule has 3 rings (SSSR count). The monoisotopic (exact) mass is 288 g/mol. The first kappa shape index (κ1) is 14.4. The van der Waals surface area contributed by atoms with E-state index in [1.165, 1.54) is 23.6 Å². The molecule has 4 heteroatoms. The molecular formula is C17H21FN2O. The molecule has 0 saturated carbocycles. The standard InChI is InChI=1S/C17H21FN2O/c1-21-10-9-19-11-14-12-5-2-3-8-16(12)20-17-13(14)6-4-7-15(17)18/h4,6-7,19H,2-3,5,8-11H2,1H3. The van der Waals surface area contributed by atoms with Crippen LogP contribution in [0.2, 0.25) is 0 Å². The second-order valence-corrected chi connectivity index (χ2v) is 5.53. The van der Waals surface area contributed by atoms with E-state index >= 15 is 0 Å². The van der Waals surface area contributed by atoms with Gasteiger partial charge in [-0.25, -0.2) is 9.37 Å². The first-order valence-electron chi connectivity index (χ1n) is 7.59. The Balaban J connectivity index is 2.03. The number of hydrogen-bond acceptors (Lipinski definition) is 3. The molecule has 3 nitrogen and oxygen atoms in total. The molecule has 1 aromatic heterocycles. The van der Waals surface area contributed by atoms with Crippen LogP contribution in [0.3, 0.4) is 0 Å². The Bertz CT molecular complexity index is 642. The molecule has 21 heavy (non-hydrogen) atoms. The minimum absolute atomic E-state index is 0.223. The number of hydrogen-bond donors (Lipinski definition) is 1. The van der Waals surface area contributed by atoms with Crippen LogP contribution >= 0.6 is 0 Å². The summed E-state index contributed by atoms with van der Waals surface area (Å²) in [4.78, 5) is 4.59. The molecule has 1 aliphatic rings. The van der Waals surface area contributed by atoms with Crippen LogP contribution in [0.5, 0.6) is 0 Å². The van der Waals surface area contributed by atoms with Crippen molar-refractivity contribution in [1.82, 2.24) is 10.3 Å². The maximum Gasteiger partial charge on any atom is 0.149 e. The van der Waals surface area contributed by atoms with E-state index in [1.807, 2.05) is 6.07 Å². The van der Waals surface area contributed by atoms with E-state index in [0.29, 0.717) is 12.1 Å². The third-order valence-corrected chi connectivity index (χ3v) is 4.15. The largest absolute Gasteiger partial charge is 0.383 e. The SMILES string of the molecule is COCCNCc1c2c(nc3c(F)cccc13)CCCC2. The van der Waals surface area contributed by atoms with Gasteiger partial charge in [0.15, 0.2) is 0 Å². The Hall–Kier alpha value is -1.52. The first-order valence-corrected chi connectivity index (χ1v) is 7.59. The Labute approximate surface area is 124 Å². The van der Waals surface area contributed by atoms with Crippen molar-refractivity contribution in [3.05, 3.63) is 40.8 Å². The number of pyridine rings is 1. The predicted octanol–water partition coefficient (Wildman–Crippen LogP) is 2.99. The summed E-state index contributed by atoms with van der Waals surface area (Å²) in [5.41, 5.74) is 4.14. The molecule has 1 aromatic carbocycles. The molecule has 1 heterocycles. The zero-order chi connectivity index (χ0) is 14.7. The van der Waals surface area contributed by atoms with Crippen molar-refractivity contribution in [2.75, 3.05) is 20.3 Å². The molecule has 2 aromatic rings. The lowest BCUT2D eigenvalue weighted by atomic mass is 9.89. The highest BCUT2D eigenvalue weighted by atomic mass is 19.1. The first-order chi connectivity index (χ1) is 10.3. The molecule has 0 amide bonds. The molecule has 0 saturated heterocycles. The van der Waals surface area contributed by atoms with E-state index in [1.54, 1.807) is 13.2 Å². The molecule has 0 bridgehead atoms. The fraction of sp³-hybridized carbons (Fsp3) is 0.471. The van der Waals surface area contributed by atoms with Crippen LogP contribution in [0.4, 0.5) is 4.39 Å². The zero-order valence-corrected chi connectivity index (χ0v) is 12.4. The van der Waals surface area contributed by atoms with Gasteiger partial charge in [-0.2, -0.15) is 0 Å². The predicted molar refractivity (Wildman–Crippen MR) is 81.9 cm³/mol. The van der Waals surface area contributed by atoms with E-state index in [-0.39, 0.29) is 5.82 Å². The maximum atomic E-state index is 14.1. The quantitative estimate of drug-likeness (QED) is 0.859. The lowest BCUT2D eigenvalue weighted by Gasteiger charge is -2.21. The minimum atomic E-state index is -0.223. The van der Waals surface area contributed by atoms with E-state index in [0.717, 1.165) is 43.4 Å². The highest BCUT2D eigenvalue weighted by molar-refractivity contribution is 5.84. The fourth-order valence-corrected chi connectivity index (χ4v) is 3.10. The minimum Gasteiger partial charge on any atom is -0.383 e. The van der Waals surface area contributed by atoms with Crippen LogP contribution in [-0.4, -0.2) is 25.2 Å². The number of nitrogens with zero attached hydrogens (tertiary/aromatic N) is 1. The van der Waals surface area contributed by atoms with Crippen LogP contribution in [0.15, 0.2) is 18.2 Å². The summed E-state index contributed by atoms with van der Waals surface area (Å²) >= 11 is 0. The van der Waals surface area contributed by atoms with E-state index < -0.39 is 0 Å². The highest BCUT2D eigenvalue weighted by Gasteiger charge is 2.19. The smallest absolute Gasteiger partial charge is 0.149 e. The number of aromatic nitrogens is 1. The Kier molecular flexibility index (Phi) is 4.46. The topological polar surface area (TPSA) is 34.1 Å². The van der Waals surface area contributed by atoms with Gasteiger partial charge in [-0.3, -0.25) is 0 Å². The van der Waals surface area contributed by atoms with Gasteiger partial charge in [-0.1, -0.05) is 12.1 Å². The molecule has 0 fully saturated rings. The van der Waals surface area contributed by atoms with Gasteiger partial charge in [0.25, 0.3) is 0 Å². The number of benzene rings is 1. The summed E-state index contributed by atoms with van der Waals surface area (Å²) in [6.45, 7) is 2.22. The summed E-state index contributed by atoms with van der Waals surface area (Å²) < 4.78 is 19.1. The van der Waals surface area contributed by atoms with Gasteiger partial charge in [0.2, 0.25) is 0 Å². The van der Waals surface area contributed by atoms with Crippen molar-refractivity contribution in [3.63, 3.8) is 0 Å². The van der Waals surface area contributed by atoms with Crippen molar-refractivity contribution in [2.24, 2.45) is 0 Å². The van der Waals surface area contributed by atoms with E-state index in [4.69, 9.17) is 4.74 Å². The van der Waals surface area contributed by atoms with Crippen LogP contribution in [0.25, 0.3) is 10.9 Å². The third kappa shape index (κ3) is 2.92. The molecule has 112 valence electrons. The lowest BCUT2D eigenvalue weighted by Crippen LogP contribution is -2.21. The summed E-state index contributed by atoms with van der Waals surface area (Å²) in [6.07, 6.45) is 4.36. The lowest BCUT2D eigenvalue weighted by molar-refractivity contribution is 0.199. The second-order valence-electron chi connectivity index (χ2n) is 5.53. The molecule has 1 N–H and O–H groups in total. The highest BCUT2D eigenvalue weighted by Crippen LogP contribution is 2.30. The molecule has 0 aliphatic heterocycles. The third-order valence-electron chi connectivity index (χ3n) is 4.15. The molecule has 0 radical (unpaired) electrons. The van der Waals surface area contributed by atoms with Gasteiger partial charge in [0, 0.05) is 31.3 Å². The molecular weight excluding hydrogens is 267 g/mol. The molecule has 0 atom stereocenters. The number of methoxy groups -OCH3 is 1. The van der Waals surface area contributed by atoms with Gasteiger partial charge in [-0.05, 0) is 42.9 Å². The van der Waals surface area contributed by atoms with Gasteiger partial charge >= 0.3 is 0 Å². The average Bonchev–Trinajstić information content (AvgIpc) is 2.51. The summed E-state index contributed by atoms with van der Waals surface area (Å²) in [5.74, 6) is -0.223. The van der Waals surface area contributed by atoms with Gasteiger partial charge in [0.05, 0.1) is 6.61 Å². The molecule has 1 aliphatic carbocycles. The van der Waals surface area contributed by atoms with Gasteiger partial charge < -0.3 is 10.1 Å². The number of rotatable bonds is 5. The Morgan fingerprint density at radius 3 is 3.00 bits per heavy atom. The summed E-state index contributed by atoms with van der Waals surface area (Å²) in [6, 6.07) is 5.24. The number of nitrogens with one attached hydrogen (secondary N) is 1.